The predicted molar refractivity (Wildman–Crippen MR) is 91.2 cm³/mol. The fourth-order valence-electron chi connectivity index (χ4n) is 3.05. The lowest BCUT2D eigenvalue weighted by Crippen LogP contribution is -2.49. The van der Waals surface area contributed by atoms with Crippen molar-refractivity contribution in [2.75, 3.05) is 59.0 Å². The minimum absolute atomic E-state index is 0.447. The van der Waals surface area contributed by atoms with E-state index in [4.69, 9.17) is 16.3 Å². The number of halogens is 1. The van der Waals surface area contributed by atoms with Gasteiger partial charge in [-0.3, -0.25) is 4.68 Å². The van der Waals surface area contributed by atoms with Gasteiger partial charge < -0.3 is 9.64 Å². The summed E-state index contributed by atoms with van der Waals surface area (Å²) < 4.78 is 35.7. The molecule has 1 aromatic heterocycles. The van der Waals surface area contributed by atoms with Crippen molar-refractivity contribution in [3.8, 4) is 0 Å². The summed E-state index contributed by atoms with van der Waals surface area (Å²) in [5.74, 6) is 0. The maximum absolute atomic E-state index is 12.7. The predicted octanol–water partition coefficient (Wildman–Crippen LogP) is 0.121. The molecular formula is C14H24ClN5O3S. The summed E-state index contributed by atoms with van der Waals surface area (Å²) in [7, 11) is -3.37. The molecule has 0 aromatic carbocycles. The monoisotopic (exact) mass is 377 g/mol. The molecule has 0 unspecified atom stereocenters. The Morgan fingerprint density at radius 3 is 2.50 bits per heavy atom. The van der Waals surface area contributed by atoms with E-state index >= 15 is 0 Å². The van der Waals surface area contributed by atoms with Crippen LogP contribution in [0, 0.1) is 0 Å². The summed E-state index contributed by atoms with van der Waals surface area (Å²) in [6.07, 6.45) is 4.26. The summed E-state index contributed by atoms with van der Waals surface area (Å²) in [5.41, 5.74) is 0. The summed E-state index contributed by atoms with van der Waals surface area (Å²) in [5, 5.41) is 4.81. The van der Waals surface area contributed by atoms with E-state index in [0.717, 1.165) is 32.6 Å². The molecule has 10 heteroatoms. The maximum atomic E-state index is 12.7. The average molecular weight is 378 g/mol. The van der Waals surface area contributed by atoms with E-state index in [-0.39, 0.29) is 0 Å². The van der Waals surface area contributed by atoms with Crippen LogP contribution in [0.4, 0.5) is 0 Å². The van der Waals surface area contributed by atoms with E-state index in [1.807, 2.05) is 4.68 Å². The second-order valence-corrected chi connectivity index (χ2v) is 8.40. The number of morpholine rings is 1. The third-order valence-corrected chi connectivity index (χ3v) is 6.65. The molecule has 0 N–H and O–H groups in total. The van der Waals surface area contributed by atoms with Crippen molar-refractivity contribution in [3.63, 3.8) is 0 Å². The number of nitrogens with zero attached hydrogens (tertiary/aromatic N) is 5. The van der Waals surface area contributed by atoms with Gasteiger partial charge in [0.15, 0.2) is 0 Å². The summed E-state index contributed by atoms with van der Waals surface area (Å²) in [6, 6.07) is 0. The van der Waals surface area contributed by atoms with Crippen molar-refractivity contribution < 1.29 is 13.2 Å². The van der Waals surface area contributed by atoms with Crippen LogP contribution in [0.5, 0.6) is 0 Å². The van der Waals surface area contributed by atoms with E-state index in [9.17, 15) is 8.42 Å². The number of rotatable bonds is 5. The van der Waals surface area contributed by atoms with Crippen LogP contribution in [-0.2, 0) is 21.5 Å². The van der Waals surface area contributed by atoms with Gasteiger partial charge in [0.05, 0.1) is 31.0 Å². The molecule has 0 bridgehead atoms. The van der Waals surface area contributed by atoms with Crippen LogP contribution >= 0.6 is 11.6 Å². The Balaban J connectivity index is 1.52. The lowest BCUT2D eigenvalue weighted by molar-refractivity contribution is 0.0702. The average Bonchev–Trinajstić information content (AvgIpc) is 2.85. The zero-order valence-electron chi connectivity index (χ0n) is 13.7. The highest BCUT2D eigenvalue weighted by Gasteiger charge is 2.32. The molecule has 3 rings (SSSR count). The van der Waals surface area contributed by atoms with Gasteiger partial charge in [0.25, 0.3) is 10.2 Å². The first-order valence-electron chi connectivity index (χ1n) is 8.29. The second kappa shape index (κ2) is 8.11. The quantitative estimate of drug-likeness (QED) is 0.729. The Bertz CT molecular complexity index is 632. The van der Waals surface area contributed by atoms with Crippen LogP contribution in [0.2, 0.25) is 5.02 Å². The van der Waals surface area contributed by atoms with Gasteiger partial charge >= 0.3 is 0 Å². The maximum Gasteiger partial charge on any atom is 0.282 e. The minimum Gasteiger partial charge on any atom is -0.379 e. The summed E-state index contributed by atoms with van der Waals surface area (Å²) >= 11 is 5.87. The molecule has 0 atom stereocenters. The van der Waals surface area contributed by atoms with Crippen molar-refractivity contribution in [1.29, 1.82) is 0 Å². The van der Waals surface area contributed by atoms with Crippen molar-refractivity contribution in [1.82, 2.24) is 23.3 Å². The van der Waals surface area contributed by atoms with Crippen molar-refractivity contribution in [3.05, 3.63) is 17.4 Å². The van der Waals surface area contributed by atoms with Crippen LogP contribution in [0.3, 0.4) is 0 Å². The number of hydrogen-bond acceptors (Lipinski definition) is 5. The molecular weight excluding hydrogens is 354 g/mol. The summed E-state index contributed by atoms with van der Waals surface area (Å²) in [6.45, 7) is 6.17. The molecule has 0 amide bonds. The molecule has 24 heavy (non-hydrogen) atoms. The minimum atomic E-state index is -3.37. The number of hydrogen-bond donors (Lipinski definition) is 0. The molecule has 0 aliphatic carbocycles. The van der Waals surface area contributed by atoms with Gasteiger partial charge in [0.2, 0.25) is 0 Å². The smallest absolute Gasteiger partial charge is 0.282 e. The fraction of sp³-hybridized carbons (Fsp3) is 0.786. The van der Waals surface area contributed by atoms with E-state index in [1.165, 1.54) is 4.31 Å². The zero-order chi connectivity index (χ0) is 17.0. The SMILES string of the molecule is O=S(=O)(N1CCOCC1)N1CCCN(CCn2cc(Cl)cn2)CC1. The Morgan fingerprint density at radius 2 is 1.79 bits per heavy atom. The first-order chi connectivity index (χ1) is 11.6. The van der Waals surface area contributed by atoms with Crippen molar-refractivity contribution in [2.24, 2.45) is 0 Å². The Morgan fingerprint density at radius 1 is 1.04 bits per heavy atom. The van der Waals surface area contributed by atoms with E-state index < -0.39 is 10.2 Å². The molecule has 0 saturated carbocycles. The van der Waals surface area contributed by atoms with E-state index in [0.29, 0.717) is 44.4 Å². The molecule has 2 saturated heterocycles. The van der Waals surface area contributed by atoms with Crippen LogP contribution in [0.1, 0.15) is 6.42 Å². The first kappa shape index (κ1) is 18.1. The highest BCUT2D eigenvalue weighted by molar-refractivity contribution is 7.86. The van der Waals surface area contributed by atoms with Gasteiger partial charge in [0.1, 0.15) is 0 Å². The number of ether oxygens (including phenoxy) is 1. The molecule has 2 aliphatic rings. The van der Waals surface area contributed by atoms with Gasteiger partial charge in [-0.2, -0.15) is 22.1 Å². The summed E-state index contributed by atoms with van der Waals surface area (Å²) in [4.78, 5) is 2.28. The third-order valence-electron chi connectivity index (χ3n) is 4.42. The van der Waals surface area contributed by atoms with Crippen molar-refractivity contribution >= 4 is 21.8 Å². The molecule has 2 aliphatic heterocycles. The molecule has 136 valence electrons. The van der Waals surface area contributed by atoms with Gasteiger partial charge in [-0.15, -0.1) is 0 Å². The van der Waals surface area contributed by atoms with Gasteiger partial charge in [-0.25, -0.2) is 0 Å². The third kappa shape index (κ3) is 4.47. The largest absolute Gasteiger partial charge is 0.379 e. The van der Waals surface area contributed by atoms with E-state index in [2.05, 4.69) is 10.00 Å². The Hall–Kier alpha value is -0.710. The Labute approximate surface area is 148 Å². The zero-order valence-corrected chi connectivity index (χ0v) is 15.3. The van der Waals surface area contributed by atoms with Gasteiger partial charge in [-0.1, -0.05) is 11.6 Å². The molecule has 1 aromatic rings. The second-order valence-electron chi connectivity index (χ2n) is 6.04. The molecule has 0 radical (unpaired) electrons. The van der Waals surface area contributed by atoms with Crippen LogP contribution in [0.25, 0.3) is 0 Å². The number of aromatic nitrogens is 2. The molecule has 2 fully saturated rings. The van der Waals surface area contributed by atoms with Crippen LogP contribution in [-0.4, -0.2) is 90.7 Å². The standard InChI is InChI=1S/C14H24ClN5O3S/c15-14-12-16-18(13-14)6-4-17-2-1-3-19(7-5-17)24(21,22)20-8-10-23-11-9-20/h12-13H,1-11H2. The lowest BCUT2D eigenvalue weighted by Gasteiger charge is -2.31. The highest BCUT2D eigenvalue weighted by Crippen LogP contribution is 2.14. The molecule has 3 heterocycles. The highest BCUT2D eigenvalue weighted by atomic mass is 35.5. The van der Waals surface area contributed by atoms with Crippen LogP contribution < -0.4 is 0 Å². The molecule has 0 spiro atoms. The van der Waals surface area contributed by atoms with Crippen LogP contribution in [0.15, 0.2) is 12.4 Å². The van der Waals surface area contributed by atoms with Gasteiger partial charge in [0, 0.05) is 45.5 Å². The molecule has 8 nitrogen and oxygen atoms in total. The normalized spacial score (nSPS) is 22.5. The topological polar surface area (TPSA) is 70.9 Å². The lowest BCUT2D eigenvalue weighted by atomic mass is 10.4. The van der Waals surface area contributed by atoms with Gasteiger partial charge in [-0.05, 0) is 13.0 Å². The first-order valence-corrected chi connectivity index (χ1v) is 10.1. The van der Waals surface area contributed by atoms with E-state index in [1.54, 1.807) is 16.7 Å². The Kier molecular flexibility index (Phi) is 6.12. The van der Waals surface area contributed by atoms with Crippen molar-refractivity contribution in [2.45, 2.75) is 13.0 Å². The fourth-order valence-corrected chi connectivity index (χ4v) is 4.81.